The van der Waals surface area contributed by atoms with E-state index in [1.54, 1.807) is 13.0 Å². The monoisotopic (exact) mass is 299 g/mol. The van der Waals surface area contributed by atoms with E-state index >= 15 is 0 Å². The van der Waals surface area contributed by atoms with Crippen LogP contribution < -0.4 is 4.90 Å². The van der Waals surface area contributed by atoms with Gasteiger partial charge in [-0.05, 0) is 30.7 Å². The van der Waals surface area contributed by atoms with Crippen LogP contribution in [-0.4, -0.2) is 29.4 Å². The number of nitrogens with zero attached hydrogens (tertiary/aromatic N) is 3. The first-order valence-electron chi connectivity index (χ1n) is 5.63. The van der Waals surface area contributed by atoms with Gasteiger partial charge in [-0.1, -0.05) is 23.1 Å². The summed E-state index contributed by atoms with van der Waals surface area (Å²) < 4.78 is 14.0. The van der Waals surface area contributed by atoms with Gasteiger partial charge < -0.3 is 10.0 Å². The van der Waals surface area contributed by atoms with Crippen LogP contribution in [0.2, 0.25) is 0 Å². The average Bonchev–Trinajstić information content (AvgIpc) is 2.80. The number of benzene rings is 1. The third-order valence-corrected chi connectivity index (χ3v) is 4.63. The Morgan fingerprint density at radius 2 is 2.11 bits per heavy atom. The van der Waals surface area contributed by atoms with Crippen molar-refractivity contribution in [1.82, 2.24) is 10.2 Å². The molecule has 0 aliphatic heterocycles. The van der Waals surface area contributed by atoms with Crippen LogP contribution in [0.25, 0.3) is 0 Å². The zero-order chi connectivity index (χ0) is 14.0. The summed E-state index contributed by atoms with van der Waals surface area (Å²) in [6.45, 7) is 1.62. The number of halogens is 1. The van der Waals surface area contributed by atoms with Gasteiger partial charge in [-0.25, -0.2) is 4.39 Å². The number of rotatable bonds is 4. The molecule has 1 aromatic carbocycles. The molecule has 0 unspecified atom stereocenters. The summed E-state index contributed by atoms with van der Waals surface area (Å²) in [5.41, 5.74) is 0.562. The molecule has 0 saturated carbocycles. The molecule has 0 aliphatic carbocycles. The number of hydrogen-bond acceptors (Lipinski definition) is 6. The van der Waals surface area contributed by atoms with Crippen molar-refractivity contribution in [2.24, 2.45) is 0 Å². The van der Waals surface area contributed by atoms with E-state index in [1.807, 2.05) is 19.0 Å². The third-order valence-electron chi connectivity index (χ3n) is 2.40. The van der Waals surface area contributed by atoms with E-state index in [4.69, 9.17) is 0 Å². The van der Waals surface area contributed by atoms with Crippen molar-refractivity contribution in [2.75, 3.05) is 19.0 Å². The summed E-state index contributed by atoms with van der Waals surface area (Å²) in [6, 6.07) is 4.38. The van der Waals surface area contributed by atoms with Gasteiger partial charge in [0, 0.05) is 19.0 Å². The minimum Gasteiger partial charge on any atom is -0.389 e. The normalized spacial score (nSPS) is 12.5. The van der Waals surface area contributed by atoms with Crippen molar-refractivity contribution in [3.63, 3.8) is 0 Å². The average molecular weight is 299 g/mol. The first kappa shape index (κ1) is 14.2. The first-order chi connectivity index (χ1) is 8.97. The zero-order valence-corrected chi connectivity index (χ0v) is 12.4. The van der Waals surface area contributed by atoms with Crippen molar-refractivity contribution in [3.05, 3.63) is 29.6 Å². The fourth-order valence-corrected chi connectivity index (χ4v) is 3.37. The Morgan fingerprint density at radius 3 is 2.68 bits per heavy atom. The summed E-state index contributed by atoms with van der Waals surface area (Å²) >= 11 is 2.83. The number of hydrogen-bond donors (Lipinski definition) is 1. The maximum Gasteiger partial charge on any atom is 0.208 e. The highest BCUT2D eigenvalue weighted by Gasteiger charge is 2.13. The van der Waals surface area contributed by atoms with Crippen LogP contribution in [0.3, 0.4) is 0 Å². The van der Waals surface area contributed by atoms with Crippen LogP contribution >= 0.6 is 23.1 Å². The van der Waals surface area contributed by atoms with Gasteiger partial charge in [-0.2, -0.15) is 0 Å². The maximum atomic E-state index is 13.2. The third kappa shape index (κ3) is 3.43. The highest BCUT2D eigenvalue weighted by Crippen LogP contribution is 2.36. The minimum atomic E-state index is -0.723. The van der Waals surface area contributed by atoms with Gasteiger partial charge in [-0.15, -0.1) is 10.2 Å². The Balaban J connectivity index is 2.27. The second-order valence-corrected chi connectivity index (χ2v) is 6.45. The largest absolute Gasteiger partial charge is 0.389 e. The SMILES string of the molecule is C[C@H](O)c1cc(F)ccc1Sc1nnc(N(C)C)s1. The summed E-state index contributed by atoms with van der Waals surface area (Å²) in [4.78, 5) is 2.67. The van der Waals surface area contributed by atoms with Crippen LogP contribution in [0.1, 0.15) is 18.6 Å². The molecule has 19 heavy (non-hydrogen) atoms. The van der Waals surface area contributed by atoms with Gasteiger partial charge in [0.25, 0.3) is 0 Å². The molecular weight excluding hydrogens is 285 g/mol. The molecule has 0 amide bonds. The highest BCUT2D eigenvalue weighted by atomic mass is 32.2. The van der Waals surface area contributed by atoms with E-state index in [2.05, 4.69) is 10.2 Å². The molecule has 1 atom stereocenters. The topological polar surface area (TPSA) is 49.3 Å². The van der Waals surface area contributed by atoms with Crippen LogP contribution in [0.5, 0.6) is 0 Å². The van der Waals surface area contributed by atoms with Gasteiger partial charge in [0.2, 0.25) is 5.13 Å². The van der Waals surface area contributed by atoms with Gasteiger partial charge in [0.1, 0.15) is 5.82 Å². The Bertz CT molecular complexity index is 572. The molecule has 1 aromatic heterocycles. The van der Waals surface area contributed by atoms with E-state index in [1.165, 1.54) is 35.2 Å². The lowest BCUT2D eigenvalue weighted by atomic mass is 10.1. The van der Waals surface area contributed by atoms with Gasteiger partial charge >= 0.3 is 0 Å². The lowest BCUT2D eigenvalue weighted by Gasteiger charge is -2.10. The predicted molar refractivity (Wildman–Crippen MR) is 75.4 cm³/mol. The highest BCUT2D eigenvalue weighted by molar-refractivity contribution is 8.01. The quantitative estimate of drug-likeness (QED) is 0.940. The fraction of sp³-hybridized carbons (Fsp3) is 0.333. The molecule has 0 spiro atoms. The zero-order valence-electron chi connectivity index (χ0n) is 10.8. The molecule has 102 valence electrons. The molecule has 2 aromatic rings. The molecule has 0 aliphatic rings. The Kier molecular flexibility index (Phi) is 4.38. The smallest absolute Gasteiger partial charge is 0.208 e. The summed E-state index contributed by atoms with van der Waals surface area (Å²) in [5.74, 6) is -0.355. The minimum absolute atomic E-state index is 0.355. The maximum absolute atomic E-state index is 13.2. The molecule has 0 fully saturated rings. The Labute approximate surface area is 119 Å². The number of aromatic nitrogens is 2. The van der Waals surface area contributed by atoms with Gasteiger partial charge in [0.05, 0.1) is 6.10 Å². The molecule has 7 heteroatoms. The predicted octanol–water partition coefficient (Wildman–Crippen LogP) is 2.95. The number of aliphatic hydroxyl groups is 1. The first-order valence-corrected chi connectivity index (χ1v) is 7.27. The molecular formula is C12H14FN3OS2. The Hall–Kier alpha value is -1.18. The van der Waals surface area contributed by atoms with E-state index in [9.17, 15) is 9.50 Å². The second kappa shape index (κ2) is 5.85. The molecule has 1 N–H and O–H groups in total. The van der Waals surface area contributed by atoms with E-state index in [-0.39, 0.29) is 5.82 Å². The molecule has 0 radical (unpaired) electrons. The van der Waals surface area contributed by atoms with Crippen molar-refractivity contribution in [1.29, 1.82) is 0 Å². The van der Waals surface area contributed by atoms with Crippen LogP contribution in [-0.2, 0) is 0 Å². The number of aliphatic hydroxyl groups excluding tert-OH is 1. The molecule has 2 rings (SSSR count). The van der Waals surface area contributed by atoms with Crippen molar-refractivity contribution in [2.45, 2.75) is 22.3 Å². The standard InChI is InChI=1S/C12H14FN3OS2/c1-7(17)9-6-8(13)4-5-10(9)18-12-15-14-11(19-12)16(2)3/h4-7,17H,1-3H3/t7-/m0/s1. The van der Waals surface area contributed by atoms with Gasteiger partial charge in [-0.3, -0.25) is 0 Å². The summed E-state index contributed by atoms with van der Waals surface area (Å²) in [5, 5.41) is 18.6. The van der Waals surface area contributed by atoms with Crippen LogP contribution in [0.4, 0.5) is 9.52 Å². The van der Waals surface area contributed by atoms with Crippen LogP contribution in [0, 0.1) is 5.82 Å². The summed E-state index contributed by atoms with van der Waals surface area (Å²) in [6.07, 6.45) is -0.723. The fourth-order valence-electron chi connectivity index (χ4n) is 1.46. The van der Waals surface area contributed by atoms with E-state index < -0.39 is 6.10 Å². The lowest BCUT2D eigenvalue weighted by molar-refractivity contribution is 0.196. The molecule has 0 saturated heterocycles. The molecule has 0 bridgehead atoms. The second-order valence-electron chi connectivity index (χ2n) is 4.21. The van der Waals surface area contributed by atoms with Crippen molar-refractivity contribution >= 4 is 28.2 Å². The lowest BCUT2D eigenvalue weighted by Crippen LogP contribution is -2.07. The molecule has 1 heterocycles. The van der Waals surface area contributed by atoms with Gasteiger partial charge in [0.15, 0.2) is 4.34 Å². The van der Waals surface area contributed by atoms with Crippen molar-refractivity contribution in [3.8, 4) is 0 Å². The number of anilines is 1. The van der Waals surface area contributed by atoms with E-state index in [0.29, 0.717) is 5.56 Å². The van der Waals surface area contributed by atoms with Crippen molar-refractivity contribution < 1.29 is 9.50 Å². The van der Waals surface area contributed by atoms with E-state index in [0.717, 1.165) is 14.4 Å². The summed E-state index contributed by atoms with van der Waals surface area (Å²) in [7, 11) is 3.79. The molecule has 4 nitrogen and oxygen atoms in total. The Morgan fingerprint density at radius 1 is 1.37 bits per heavy atom. The van der Waals surface area contributed by atoms with Crippen LogP contribution in [0.15, 0.2) is 27.4 Å².